The number of benzene rings is 1. The number of carbonyl (C=O) groups is 1. The molecule has 0 aliphatic carbocycles. The van der Waals surface area contributed by atoms with Gasteiger partial charge in [-0.25, -0.2) is 31.2 Å². The standard InChI is InChI=1S/C22H23F4N9O4S2/c1-32(8-15(23)24)21(36)34-4-2-33(3-5-34)13-6-14(41(37)38)16(29-22(9-27)10-39-11-22)17-12(13)7-28-35(17)20-31-30-19(40-20)18(25)26/h6-7,15,18,29H,2-5,8,10-11H2,1H3,(H,37,38). The van der Waals surface area contributed by atoms with E-state index in [2.05, 4.69) is 26.7 Å². The summed E-state index contributed by atoms with van der Waals surface area (Å²) in [6, 6.07) is 3.02. The van der Waals surface area contributed by atoms with Crippen LogP contribution in [-0.4, -0.2) is 110 Å². The third-order valence-corrected chi connectivity index (χ3v) is 8.29. The molecule has 4 heterocycles. The van der Waals surface area contributed by atoms with Crippen molar-refractivity contribution in [3.63, 3.8) is 0 Å². The van der Waals surface area contributed by atoms with Gasteiger partial charge in [0.25, 0.3) is 12.9 Å². The number of hydrogen-bond donors (Lipinski definition) is 2. The van der Waals surface area contributed by atoms with Crippen LogP contribution in [0.3, 0.4) is 0 Å². The second kappa shape index (κ2) is 11.3. The number of piperazine rings is 1. The maximum absolute atomic E-state index is 13.3. The maximum atomic E-state index is 13.3. The van der Waals surface area contributed by atoms with Crippen molar-refractivity contribution in [2.24, 2.45) is 0 Å². The molecule has 41 heavy (non-hydrogen) atoms. The first-order valence-electron chi connectivity index (χ1n) is 12.1. The summed E-state index contributed by atoms with van der Waals surface area (Å²) in [4.78, 5) is 16.7. The van der Waals surface area contributed by atoms with Crippen LogP contribution in [0.1, 0.15) is 11.4 Å². The van der Waals surface area contributed by atoms with Crippen LogP contribution in [0.5, 0.6) is 0 Å². The highest BCUT2D eigenvalue weighted by Crippen LogP contribution is 2.41. The van der Waals surface area contributed by atoms with Gasteiger partial charge in [0.15, 0.2) is 21.6 Å². The maximum Gasteiger partial charge on any atom is 0.320 e. The van der Waals surface area contributed by atoms with Gasteiger partial charge in [-0.3, -0.25) is 0 Å². The molecule has 220 valence electrons. The number of rotatable bonds is 8. The van der Waals surface area contributed by atoms with Crippen LogP contribution in [0.2, 0.25) is 0 Å². The summed E-state index contributed by atoms with van der Waals surface area (Å²) in [6.07, 6.45) is -4.10. The molecule has 2 aromatic heterocycles. The van der Waals surface area contributed by atoms with Gasteiger partial charge in [0.05, 0.1) is 42.6 Å². The number of nitrogens with one attached hydrogen (secondary N) is 1. The first-order valence-corrected chi connectivity index (χ1v) is 14.0. The first kappa shape index (κ1) is 28.9. The van der Waals surface area contributed by atoms with Gasteiger partial charge in [0.2, 0.25) is 5.13 Å². The summed E-state index contributed by atoms with van der Waals surface area (Å²) in [5.41, 5.74) is -0.475. The summed E-state index contributed by atoms with van der Waals surface area (Å²) >= 11 is -1.99. The minimum atomic E-state index is -2.87. The Bertz CT molecular complexity index is 1520. The number of hydrogen-bond acceptors (Lipinski definition) is 10. The highest BCUT2D eigenvalue weighted by molar-refractivity contribution is 7.79. The number of halogens is 4. The Labute approximate surface area is 236 Å². The Kier molecular flexibility index (Phi) is 8.00. The van der Waals surface area contributed by atoms with Crippen molar-refractivity contribution >= 4 is 50.7 Å². The highest BCUT2D eigenvalue weighted by Gasteiger charge is 2.41. The van der Waals surface area contributed by atoms with Crippen LogP contribution in [0.15, 0.2) is 17.2 Å². The summed E-state index contributed by atoms with van der Waals surface area (Å²) in [5, 5.41) is 24.3. The van der Waals surface area contributed by atoms with Gasteiger partial charge in [0.1, 0.15) is 5.52 Å². The molecule has 2 saturated heterocycles. The van der Waals surface area contributed by atoms with E-state index in [9.17, 15) is 36.4 Å². The number of carbonyl (C=O) groups excluding carboxylic acids is 1. The normalized spacial score (nSPS) is 17.5. The lowest BCUT2D eigenvalue weighted by atomic mass is 9.98. The molecule has 2 aliphatic heterocycles. The molecule has 0 bridgehead atoms. The van der Waals surface area contributed by atoms with Gasteiger partial charge < -0.3 is 29.3 Å². The lowest BCUT2D eigenvalue weighted by Gasteiger charge is -2.39. The molecule has 3 aromatic rings. The quantitative estimate of drug-likeness (QED) is 0.285. The minimum absolute atomic E-state index is 0.00270. The lowest BCUT2D eigenvalue weighted by Crippen LogP contribution is -2.55. The number of nitrogens with zero attached hydrogens (tertiary/aromatic N) is 8. The van der Waals surface area contributed by atoms with Crippen molar-refractivity contribution in [1.29, 1.82) is 5.26 Å². The van der Waals surface area contributed by atoms with Crippen molar-refractivity contribution in [2.45, 2.75) is 23.3 Å². The number of fused-ring (bicyclic) bond motifs is 1. The molecule has 2 aliphatic rings. The third-order valence-electron chi connectivity index (χ3n) is 6.69. The van der Waals surface area contributed by atoms with Crippen LogP contribution >= 0.6 is 11.3 Å². The Balaban J connectivity index is 1.57. The van der Waals surface area contributed by atoms with Crippen molar-refractivity contribution < 1.29 is 35.9 Å². The Morgan fingerprint density at radius 2 is 2.00 bits per heavy atom. The smallest absolute Gasteiger partial charge is 0.320 e. The van der Waals surface area contributed by atoms with Crippen molar-refractivity contribution in [1.82, 2.24) is 29.8 Å². The van der Waals surface area contributed by atoms with Crippen molar-refractivity contribution in [2.75, 3.05) is 63.2 Å². The van der Waals surface area contributed by atoms with E-state index in [4.69, 9.17) is 4.74 Å². The van der Waals surface area contributed by atoms with E-state index < -0.39 is 47.1 Å². The van der Waals surface area contributed by atoms with Gasteiger partial charge in [-0.1, -0.05) is 11.3 Å². The predicted octanol–water partition coefficient (Wildman–Crippen LogP) is 2.54. The molecule has 0 radical (unpaired) electrons. The van der Waals surface area contributed by atoms with E-state index in [1.807, 2.05) is 4.90 Å². The number of amides is 2. The molecule has 19 heteroatoms. The first-order chi connectivity index (χ1) is 19.5. The minimum Gasteiger partial charge on any atom is -0.374 e. The van der Waals surface area contributed by atoms with Gasteiger partial charge in [-0.05, 0) is 6.07 Å². The fourth-order valence-electron chi connectivity index (χ4n) is 4.61. The zero-order valence-electron chi connectivity index (χ0n) is 21.3. The molecule has 2 fully saturated rings. The van der Waals surface area contributed by atoms with Crippen LogP contribution in [0.4, 0.5) is 33.7 Å². The van der Waals surface area contributed by atoms with Gasteiger partial charge in [0, 0.05) is 44.3 Å². The number of anilines is 2. The summed E-state index contributed by atoms with van der Waals surface area (Å²) in [7, 11) is 1.29. The lowest BCUT2D eigenvalue weighted by molar-refractivity contribution is -0.0133. The molecule has 2 amide bonds. The van der Waals surface area contributed by atoms with E-state index >= 15 is 0 Å². The van der Waals surface area contributed by atoms with E-state index in [-0.39, 0.29) is 60.6 Å². The molecule has 1 unspecified atom stereocenters. The van der Waals surface area contributed by atoms with Crippen molar-refractivity contribution in [3.8, 4) is 11.2 Å². The molecule has 0 spiro atoms. The predicted molar refractivity (Wildman–Crippen MR) is 139 cm³/mol. The van der Waals surface area contributed by atoms with Gasteiger partial charge in [-0.15, -0.1) is 10.2 Å². The number of urea groups is 1. The number of ether oxygens (including phenoxy) is 1. The molecule has 5 rings (SSSR count). The third kappa shape index (κ3) is 5.51. The fourth-order valence-corrected chi connectivity index (χ4v) is 5.81. The Hall–Kier alpha value is -3.60. The van der Waals surface area contributed by atoms with Crippen molar-refractivity contribution in [3.05, 3.63) is 17.3 Å². The van der Waals surface area contributed by atoms with Crippen LogP contribution < -0.4 is 10.2 Å². The molecule has 1 atom stereocenters. The van der Waals surface area contributed by atoms with Gasteiger partial charge in [-0.2, -0.15) is 10.4 Å². The topological polar surface area (TPSA) is 153 Å². The van der Waals surface area contributed by atoms with E-state index in [1.54, 1.807) is 0 Å². The van der Waals surface area contributed by atoms with Crippen LogP contribution in [-0.2, 0) is 15.8 Å². The number of alkyl halides is 4. The summed E-state index contributed by atoms with van der Waals surface area (Å²) in [6.45, 7) is 0.177. The summed E-state index contributed by atoms with van der Waals surface area (Å²) in [5.74, 6) is 0. The molecular weight excluding hydrogens is 594 g/mol. The monoisotopic (exact) mass is 617 g/mol. The fraction of sp³-hybridized carbons (Fsp3) is 0.500. The summed E-state index contributed by atoms with van der Waals surface area (Å²) < 4.78 is 81.4. The van der Waals surface area contributed by atoms with Gasteiger partial charge >= 0.3 is 6.03 Å². The SMILES string of the molecule is CN(CC(F)F)C(=O)N1CCN(c2cc(S(=O)O)c(NC3(C#N)COC3)c3c2cnn3-c2nnc(C(F)F)s2)CC1. The average Bonchev–Trinajstić information content (AvgIpc) is 3.58. The molecular formula is C22H23F4N9O4S2. The molecule has 13 nitrogen and oxygen atoms in total. The number of nitriles is 1. The zero-order chi connectivity index (χ0) is 29.5. The molecule has 1 aromatic carbocycles. The van der Waals surface area contributed by atoms with E-state index in [1.165, 1.54) is 28.9 Å². The average molecular weight is 618 g/mol. The Morgan fingerprint density at radius 1 is 1.29 bits per heavy atom. The van der Waals surface area contributed by atoms with Crippen LogP contribution in [0.25, 0.3) is 16.0 Å². The second-order valence-electron chi connectivity index (χ2n) is 9.40. The number of aromatic nitrogens is 4. The van der Waals surface area contributed by atoms with E-state index in [0.29, 0.717) is 22.4 Å². The second-order valence-corrected chi connectivity index (χ2v) is 11.3. The zero-order valence-corrected chi connectivity index (χ0v) is 23.0. The largest absolute Gasteiger partial charge is 0.374 e. The molecule has 2 N–H and O–H groups in total. The molecule has 0 saturated carbocycles. The highest BCUT2D eigenvalue weighted by atomic mass is 32.2. The van der Waals surface area contributed by atoms with Crippen LogP contribution in [0, 0.1) is 11.3 Å². The Morgan fingerprint density at radius 3 is 2.54 bits per heavy atom. The van der Waals surface area contributed by atoms with E-state index in [0.717, 1.165) is 4.90 Å².